The van der Waals surface area contributed by atoms with Gasteiger partial charge in [0.15, 0.2) is 6.29 Å². The van der Waals surface area contributed by atoms with Crippen molar-refractivity contribution >= 4 is 30.7 Å². The van der Waals surface area contributed by atoms with Crippen LogP contribution in [0, 0.1) is 5.92 Å². The molecule has 0 radical (unpaired) electrons. The molecular weight excluding hydrogens is 483 g/mol. The van der Waals surface area contributed by atoms with Crippen molar-refractivity contribution in [3.05, 3.63) is 11.6 Å². The zero-order chi connectivity index (χ0) is 20.8. The van der Waals surface area contributed by atoms with E-state index >= 15 is 0 Å². The minimum absolute atomic E-state index is 0.0213. The van der Waals surface area contributed by atoms with E-state index in [1.54, 1.807) is 0 Å². The zero-order valence-corrected chi connectivity index (χ0v) is 22.0. The van der Waals surface area contributed by atoms with E-state index in [1.165, 1.54) is 30.9 Å². The van der Waals surface area contributed by atoms with Crippen molar-refractivity contribution in [2.75, 3.05) is 31.0 Å². The van der Waals surface area contributed by atoms with Crippen molar-refractivity contribution < 1.29 is 18.9 Å². The summed E-state index contributed by atoms with van der Waals surface area (Å²) in [5.41, 5.74) is 1.29. The number of rotatable bonds is 15. The molecule has 0 spiro atoms. The summed E-state index contributed by atoms with van der Waals surface area (Å²) in [4.78, 5) is 0. The normalized spacial score (nSPS) is 20.9. The van der Waals surface area contributed by atoms with Crippen LogP contribution in [0.5, 0.6) is 0 Å². The summed E-state index contributed by atoms with van der Waals surface area (Å²) in [6, 6.07) is 1.19. The Balaban J connectivity index is 2.11. The summed E-state index contributed by atoms with van der Waals surface area (Å²) in [7, 11) is -1.00. The summed E-state index contributed by atoms with van der Waals surface area (Å²) in [6.45, 7) is 14.3. The summed E-state index contributed by atoms with van der Waals surface area (Å²) in [5.74, 6) is 0.651. The lowest BCUT2D eigenvalue weighted by Gasteiger charge is -2.28. The highest BCUT2D eigenvalue weighted by molar-refractivity contribution is 14.1. The molecule has 0 aromatic carbocycles. The van der Waals surface area contributed by atoms with Crippen LogP contribution in [0.3, 0.4) is 0 Å². The van der Waals surface area contributed by atoms with E-state index in [0.29, 0.717) is 25.4 Å². The van der Waals surface area contributed by atoms with Crippen LogP contribution in [0.2, 0.25) is 25.7 Å². The molecule has 166 valence electrons. The molecule has 6 heteroatoms. The molecule has 1 saturated heterocycles. The van der Waals surface area contributed by atoms with Gasteiger partial charge >= 0.3 is 0 Å². The minimum Gasteiger partial charge on any atom is -0.356 e. The van der Waals surface area contributed by atoms with Crippen molar-refractivity contribution in [2.24, 2.45) is 5.92 Å². The van der Waals surface area contributed by atoms with Crippen LogP contribution < -0.4 is 0 Å². The zero-order valence-electron chi connectivity index (χ0n) is 18.8. The molecule has 0 aromatic heterocycles. The van der Waals surface area contributed by atoms with Crippen LogP contribution >= 0.6 is 22.6 Å². The Labute approximate surface area is 188 Å². The molecule has 3 atom stereocenters. The molecular formula is C22H43IO4Si. The molecule has 1 aliphatic rings. The topological polar surface area (TPSA) is 36.9 Å². The molecule has 4 nitrogen and oxygen atoms in total. The van der Waals surface area contributed by atoms with E-state index in [-0.39, 0.29) is 6.29 Å². The monoisotopic (exact) mass is 526 g/mol. The fourth-order valence-electron chi connectivity index (χ4n) is 3.13. The highest BCUT2D eigenvalue weighted by atomic mass is 127. The maximum Gasteiger partial charge on any atom is 0.157 e. The standard InChI is InChI=1S/C22H43IO4Si/c1-19(15-21(16-23)27-22-11-6-7-12-26-22)9-8-10-20(2)17-25-18-24-13-14-28(3,4)5/h10,19,21-22H,6-9,11-18H2,1-5H3/b20-10+/t19-,21-,22+/m0/s1. The number of alkyl halides is 1. The van der Waals surface area contributed by atoms with Crippen molar-refractivity contribution in [1.82, 2.24) is 0 Å². The number of halogens is 1. The average Bonchev–Trinajstić information content (AvgIpc) is 2.64. The number of ether oxygens (including phenoxy) is 4. The van der Waals surface area contributed by atoms with Gasteiger partial charge in [0.2, 0.25) is 0 Å². The van der Waals surface area contributed by atoms with E-state index in [2.05, 4.69) is 62.2 Å². The molecule has 1 fully saturated rings. The summed E-state index contributed by atoms with van der Waals surface area (Å²) < 4.78 is 24.1. The molecule has 1 heterocycles. The molecule has 0 aliphatic carbocycles. The molecule has 1 rings (SSSR count). The largest absolute Gasteiger partial charge is 0.356 e. The van der Waals surface area contributed by atoms with Gasteiger partial charge in [0.05, 0.1) is 12.7 Å². The quantitative estimate of drug-likeness (QED) is 0.0617. The first-order chi connectivity index (χ1) is 13.3. The molecule has 0 bridgehead atoms. The number of hydrogen-bond acceptors (Lipinski definition) is 4. The predicted octanol–water partition coefficient (Wildman–Crippen LogP) is 6.41. The van der Waals surface area contributed by atoms with E-state index in [0.717, 1.165) is 36.9 Å². The van der Waals surface area contributed by atoms with E-state index in [1.807, 2.05) is 0 Å². The Kier molecular flexibility index (Phi) is 14.6. The van der Waals surface area contributed by atoms with E-state index < -0.39 is 8.07 Å². The molecule has 0 unspecified atom stereocenters. The van der Waals surface area contributed by atoms with Crippen molar-refractivity contribution in [3.8, 4) is 0 Å². The van der Waals surface area contributed by atoms with Gasteiger partial charge in [-0.1, -0.05) is 60.8 Å². The van der Waals surface area contributed by atoms with Gasteiger partial charge in [0, 0.05) is 25.7 Å². The maximum atomic E-state index is 6.17. The molecule has 1 aliphatic heterocycles. The van der Waals surface area contributed by atoms with E-state index in [9.17, 15) is 0 Å². The molecule has 28 heavy (non-hydrogen) atoms. The second-order valence-electron chi connectivity index (χ2n) is 9.36. The smallest absolute Gasteiger partial charge is 0.157 e. The molecule has 0 saturated carbocycles. The van der Waals surface area contributed by atoms with Crippen molar-refractivity contribution in [2.45, 2.75) is 90.5 Å². The van der Waals surface area contributed by atoms with Gasteiger partial charge in [-0.15, -0.1) is 0 Å². The lowest BCUT2D eigenvalue weighted by molar-refractivity contribution is -0.185. The maximum absolute atomic E-state index is 6.17. The Morgan fingerprint density at radius 2 is 2.04 bits per heavy atom. The van der Waals surface area contributed by atoms with Gasteiger partial charge in [-0.25, -0.2) is 0 Å². The van der Waals surface area contributed by atoms with Gasteiger partial charge < -0.3 is 18.9 Å². The number of allylic oxidation sites excluding steroid dienone is 1. The number of hydrogen-bond donors (Lipinski definition) is 0. The van der Waals surface area contributed by atoms with Crippen LogP contribution in [0.1, 0.15) is 52.4 Å². The first-order valence-corrected chi connectivity index (χ1v) is 16.2. The SMILES string of the molecule is C/C(=C\CC[C@H](C)C[C@@H](CI)O[C@@H]1CCCCO1)COCOCC[Si](C)(C)C. The summed E-state index contributed by atoms with van der Waals surface area (Å²) >= 11 is 2.44. The Bertz CT molecular complexity index is 419. The van der Waals surface area contributed by atoms with Gasteiger partial charge in [0.1, 0.15) is 6.79 Å². The lowest BCUT2D eigenvalue weighted by Crippen LogP contribution is -2.29. The van der Waals surface area contributed by atoms with Gasteiger partial charge in [0.25, 0.3) is 0 Å². The van der Waals surface area contributed by atoms with Crippen LogP contribution in [-0.2, 0) is 18.9 Å². The second kappa shape index (κ2) is 15.3. The molecule has 0 aromatic rings. The van der Waals surface area contributed by atoms with Crippen molar-refractivity contribution in [1.29, 1.82) is 0 Å². The minimum atomic E-state index is -1.00. The highest BCUT2D eigenvalue weighted by Crippen LogP contribution is 2.22. The lowest BCUT2D eigenvalue weighted by atomic mass is 9.98. The van der Waals surface area contributed by atoms with Crippen LogP contribution in [0.4, 0.5) is 0 Å². The van der Waals surface area contributed by atoms with Crippen LogP contribution in [0.15, 0.2) is 11.6 Å². The van der Waals surface area contributed by atoms with E-state index in [4.69, 9.17) is 18.9 Å². The first-order valence-electron chi connectivity index (χ1n) is 10.9. The highest BCUT2D eigenvalue weighted by Gasteiger charge is 2.20. The third-order valence-corrected chi connectivity index (χ3v) is 7.65. The van der Waals surface area contributed by atoms with Crippen molar-refractivity contribution in [3.63, 3.8) is 0 Å². The first kappa shape index (κ1) is 26.6. The molecule has 0 N–H and O–H groups in total. The van der Waals surface area contributed by atoms with Crippen LogP contribution in [0.25, 0.3) is 0 Å². The van der Waals surface area contributed by atoms with Gasteiger partial charge in [-0.2, -0.15) is 0 Å². The summed E-state index contributed by atoms with van der Waals surface area (Å²) in [6.07, 6.45) is 9.47. The fourth-order valence-corrected chi connectivity index (χ4v) is 4.45. The fraction of sp³-hybridized carbons (Fsp3) is 0.909. The summed E-state index contributed by atoms with van der Waals surface area (Å²) in [5, 5.41) is 0. The second-order valence-corrected chi connectivity index (χ2v) is 15.9. The third kappa shape index (κ3) is 14.5. The Hall–Kier alpha value is 0.527. The van der Waals surface area contributed by atoms with Gasteiger partial charge in [-0.05, 0) is 57.4 Å². The van der Waals surface area contributed by atoms with Gasteiger partial charge in [-0.3, -0.25) is 0 Å². The molecule has 0 amide bonds. The Morgan fingerprint density at radius 1 is 1.25 bits per heavy atom. The third-order valence-electron chi connectivity index (χ3n) is 4.96. The Morgan fingerprint density at radius 3 is 2.68 bits per heavy atom. The predicted molar refractivity (Wildman–Crippen MR) is 129 cm³/mol. The average molecular weight is 527 g/mol. The van der Waals surface area contributed by atoms with Crippen LogP contribution in [-0.4, -0.2) is 51.5 Å².